The topological polar surface area (TPSA) is 35.2 Å². The molecule has 2 aliphatic rings. The molecule has 0 saturated heterocycles. The van der Waals surface area contributed by atoms with Crippen molar-refractivity contribution in [1.29, 1.82) is 0 Å². The lowest BCUT2D eigenvalue weighted by molar-refractivity contribution is 0.347. The molecule has 1 aliphatic carbocycles. The van der Waals surface area contributed by atoms with Gasteiger partial charge >= 0.3 is 0 Å². The second kappa shape index (κ2) is 3.16. The third-order valence-electron chi connectivity index (χ3n) is 3.40. The normalized spacial score (nSPS) is 23.6. The first kappa shape index (κ1) is 11.3. The summed E-state index contributed by atoms with van der Waals surface area (Å²) in [5, 5.41) is 0. The maximum Gasteiger partial charge on any atom is 0.0945 e. The average Bonchev–Trinajstić information content (AvgIpc) is 2.36. The van der Waals surface area contributed by atoms with Gasteiger partial charge in [-0.3, -0.25) is 0 Å². The van der Waals surface area contributed by atoms with Crippen LogP contribution < -0.4 is 5.73 Å². The van der Waals surface area contributed by atoms with E-state index in [-0.39, 0.29) is 10.8 Å². The number of nitrogens with two attached hydrogens (primary N) is 1. The largest absolute Gasteiger partial charge is 0.472 e. The molecule has 2 rings (SSSR count). The van der Waals surface area contributed by atoms with Crippen LogP contribution >= 0.6 is 0 Å². The van der Waals surface area contributed by atoms with E-state index >= 15 is 0 Å². The summed E-state index contributed by atoms with van der Waals surface area (Å²) in [4.78, 5) is 0. The molecule has 0 saturated carbocycles. The van der Waals surface area contributed by atoms with Gasteiger partial charge < -0.3 is 10.5 Å². The van der Waals surface area contributed by atoms with E-state index in [1.165, 1.54) is 16.7 Å². The molecule has 0 fully saturated rings. The highest BCUT2D eigenvalue weighted by molar-refractivity contribution is 5.58. The molecule has 0 aromatic heterocycles. The fourth-order valence-corrected chi connectivity index (χ4v) is 2.49. The van der Waals surface area contributed by atoms with E-state index < -0.39 is 0 Å². The van der Waals surface area contributed by atoms with Gasteiger partial charge in [0.1, 0.15) is 0 Å². The smallest absolute Gasteiger partial charge is 0.0945 e. The Morgan fingerprint density at radius 3 is 2.44 bits per heavy atom. The standard InChI is InChI=1S/C14H21NO/c1-13(2,3)9-7-16-8-10-12(9)11(15)6-14(10,4)5/h7-8H,6,15H2,1-5H3. The number of rotatable bonds is 0. The molecule has 88 valence electrons. The first-order valence-electron chi connectivity index (χ1n) is 5.79. The molecule has 0 radical (unpaired) electrons. The van der Waals surface area contributed by atoms with Crippen molar-refractivity contribution in [1.82, 2.24) is 0 Å². The van der Waals surface area contributed by atoms with Crippen molar-refractivity contribution in [2.24, 2.45) is 16.6 Å². The van der Waals surface area contributed by atoms with E-state index in [0.29, 0.717) is 0 Å². The van der Waals surface area contributed by atoms with Crippen LogP contribution in [0.4, 0.5) is 0 Å². The van der Waals surface area contributed by atoms with Crippen molar-refractivity contribution in [2.75, 3.05) is 0 Å². The van der Waals surface area contributed by atoms with Crippen LogP contribution in [0.5, 0.6) is 0 Å². The molecule has 2 N–H and O–H groups in total. The Labute approximate surface area is 97.9 Å². The van der Waals surface area contributed by atoms with Crippen molar-refractivity contribution < 1.29 is 4.74 Å². The number of fused-ring (bicyclic) bond motifs is 1. The molecule has 0 amide bonds. The van der Waals surface area contributed by atoms with Crippen molar-refractivity contribution in [3.05, 3.63) is 34.9 Å². The summed E-state index contributed by atoms with van der Waals surface area (Å²) in [5.74, 6) is 0. The lowest BCUT2D eigenvalue weighted by Crippen LogP contribution is -2.18. The summed E-state index contributed by atoms with van der Waals surface area (Å²) in [6, 6.07) is 0. The van der Waals surface area contributed by atoms with Crippen LogP contribution in [0.1, 0.15) is 41.0 Å². The predicted molar refractivity (Wildman–Crippen MR) is 66.3 cm³/mol. The maximum absolute atomic E-state index is 6.19. The lowest BCUT2D eigenvalue weighted by atomic mass is 9.76. The van der Waals surface area contributed by atoms with Crippen LogP contribution in [0.2, 0.25) is 0 Å². The number of allylic oxidation sites excluding steroid dienone is 4. The zero-order valence-electron chi connectivity index (χ0n) is 10.8. The van der Waals surface area contributed by atoms with Gasteiger partial charge in [-0.2, -0.15) is 0 Å². The maximum atomic E-state index is 6.19. The highest BCUT2D eigenvalue weighted by Gasteiger charge is 2.40. The summed E-state index contributed by atoms with van der Waals surface area (Å²) in [5.41, 5.74) is 11.1. The van der Waals surface area contributed by atoms with Crippen LogP contribution in [0.3, 0.4) is 0 Å². The van der Waals surface area contributed by atoms with Gasteiger partial charge in [-0.15, -0.1) is 0 Å². The Bertz CT molecular complexity index is 417. The highest BCUT2D eigenvalue weighted by atomic mass is 16.5. The summed E-state index contributed by atoms with van der Waals surface area (Å²) in [6.45, 7) is 11.0. The van der Waals surface area contributed by atoms with E-state index in [0.717, 1.165) is 12.1 Å². The fraction of sp³-hybridized carbons (Fsp3) is 0.571. The molecule has 0 aromatic rings. The molecule has 0 aromatic carbocycles. The van der Waals surface area contributed by atoms with Crippen molar-refractivity contribution in [3.63, 3.8) is 0 Å². The van der Waals surface area contributed by atoms with E-state index in [1.807, 2.05) is 12.5 Å². The number of hydrogen-bond donors (Lipinski definition) is 1. The Morgan fingerprint density at radius 1 is 1.25 bits per heavy atom. The second-order valence-electron chi connectivity index (χ2n) is 6.41. The van der Waals surface area contributed by atoms with Crippen LogP contribution in [-0.4, -0.2) is 0 Å². The minimum atomic E-state index is 0.0693. The molecular formula is C14H21NO. The Balaban J connectivity index is 2.51. The van der Waals surface area contributed by atoms with Gasteiger partial charge in [-0.25, -0.2) is 0 Å². The number of hydrogen-bond acceptors (Lipinski definition) is 2. The quantitative estimate of drug-likeness (QED) is 0.677. The van der Waals surface area contributed by atoms with E-state index in [4.69, 9.17) is 10.5 Å². The molecule has 2 nitrogen and oxygen atoms in total. The van der Waals surface area contributed by atoms with Crippen LogP contribution in [-0.2, 0) is 4.74 Å². The molecule has 0 spiro atoms. The third-order valence-corrected chi connectivity index (χ3v) is 3.40. The first-order valence-corrected chi connectivity index (χ1v) is 5.79. The minimum absolute atomic E-state index is 0.0693. The van der Waals surface area contributed by atoms with Gasteiger partial charge in [0.05, 0.1) is 12.5 Å². The Morgan fingerprint density at radius 2 is 1.88 bits per heavy atom. The van der Waals surface area contributed by atoms with Crippen LogP contribution in [0, 0.1) is 10.8 Å². The van der Waals surface area contributed by atoms with E-state index in [1.54, 1.807) is 0 Å². The monoisotopic (exact) mass is 219 g/mol. The third kappa shape index (κ3) is 1.57. The summed E-state index contributed by atoms with van der Waals surface area (Å²) < 4.78 is 5.49. The first-order chi connectivity index (χ1) is 7.23. The molecule has 0 atom stereocenters. The highest BCUT2D eigenvalue weighted by Crippen LogP contribution is 2.51. The summed E-state index contributed by atoms with van der Waals surface area (Å²) in [6.07, 6.45) is 4.61. The van der Waals surface area contributed by atoms with Gasteiger partial charge in [0.2, 0.25) is 0 Å². The molecule has 16 heavy (non-hydrogen) atoms. The van der Waals surface area contributed by atoms with E-state index in [9.17, 15) is 0 Å². The summed E-state index contributed by atoms with van der Waals surface area (Å²) >= 11 is 0. The van der Waals surface area contributed by atoms with Crippen LogP contribution in [0.25, 0.3) is 0 Å². The fourth-order valence-electron chi connectivity index (χ4n) is 2.49. The van der Waals surface area contributed by atoms with Crippen LogP contribution in [0.15, 0.2) is 34.9 Å². The average molecular weight is 219 g/mol. The SMILES string of the molecule is CC(C)(C)C1=COC=C2C1=C(N)CC2(C)C. The van der Waals surface area contributed by atoms with E-state index in [2.05, 4.69) is 34.6 Å². The molecule has 1 heterocycles. The van der Waals surface area contributed by atoms with Gasteiger partial charge in [0, 0.05) is 22.4 Å². The molecule has 0 unspecified atom stereocenters. The van der Waals surface area contributed by atoms with Gasteiger partial charge in [-0.05, 0) is 17.3 Å². The zero-order valence-corrected chi connectivity index (χ0v) is 10.8. The van der Waals surface area contributed by atoms with Gasteiger partial charge in [-0.1, -0.05) is 34.6 Å². The summed E-state index contributed by atoms with van der Waals surface area (Å²) in [7, 11) is 0. The van der Waals surface area contributed by atoms with Gasteiger partial charge in [0.25, 0.3) is 0 Å². The zero-order chi connectivity index (χ0) is 12.1. The van der Waals surface area contributed by atoms with Gasteiger partial charge in [0.15, 0.2) is 0 Å². The number of ether oxygens (including phenoxy) is 1. The molecule has 1 aliphatic heterocycles. The Hall–Kier alpha value is -1.18. The predicted octanol–water partition coefficient (Wildman–Crippen LogP) is 3.47. The minimum Gasteiger partial charge on any atom is -0.472 e. The lowest BCUT2D eigenvalue weighted by Gasteiger charge is -2.30. The molecule has 2 heteroatoms. The molecule has 0 bridgehead atoms. The Kier molecular flexibility index (Phi) is 2.23. The molecular weight excluding hydrogens is 198 g/mol. The van der Waals surface area contributed by atoms with Crippen molar-refractivity contribution >= 4 is 0 Å². The van der Waals surface area contributed by atoms with Crippen molar-refractivity contribution in [3.8, 4) is 0 Å². The van der Waals surface area contributed by atoms with Crippen molar-refractivity contribution in [2.45, 2.75) is 41.0 Å². The second-order valence-corrected chi connectivity index (χ2v) is 6.41.